The molecule has 0 saturated heterocycles. The summed E-state index contributed by atoms with van der Waals surface area (Å²) in [5.74, 6) is -3.28. The maximum absolute atomic E-state index is 13.2. The number of anilines is 1. The fourth-order valence-electron chi connectivity index (χ4n) is 1.56. The van der Waals surface area contributed by atoms with Gasteiger partial charge in [0.05, 0.1) is 23.1 Å². The Hall–Kier alpha value is -0.690. The fourth-order valence-corrected chi connectivity index (χ4v) is 3.32. The maximum atomic E-state index is 13.2. The van der Waals surface area contributed by atoms with Crippen LogP contribution in [0, 0.1) is 0 Å². The molecule has 0 amide bonds. The SMILES string of the molecule is COC(=O)c1sc(Br)c2c1NCC(F)(F)C2. The van der Waals surface area contributed by atoms with Gasteiger partial charge in [-0.3, -0.25) is 0 Å². The molecule has 1 N–H and O–H groups in total. The average Bonchev–Trinajstić information content (AvgIpc) is 2.53. The molecule has 0 aliphatic carbocycles. The van der Waals surface area contributed by atoms with Crippen molar-refractivity contribution < 1.29 is 18.3 Å². The van der Waals surface area contributed by atoms with E-state index in [0.717, 1.165) is 11.3 Å². The van der Waals surface area contributed by atoms with Crippen LogP contribution in [0.25, 0.3) is 0 Å². The van der Waals surface area contributed by atoms with Gasteiger partial charge in [0.15, 0.2) is 0 Å². The van der Waals surface area contributed by atoms with E-state index in [-0.39, 0.29) is 6.42 Å². The normalized spacial score (nSPS) is 17.5. The third-order valence-corrected chi connectivity index (χ3v) is 4.25. The number of carbonyl (C=O) groups is 1. The summed E-state index contributed by atoms with van der Waals surface area (Å²) in [5, 5.41) is 2.59. The van der Waals surface area contributed by atoms with E-state index in [4.69, 9.17) is 0 Å². The highest BCUT2D eigenvalue weighted by Crippen LogP contribution is 2.43. The van der Waals surface area contributed by atoms with Crippen LogP contribution >= 0.6 is 27.3 Å². The van der Waals surface area contributed by atoms with Gasteiger partial charge in [0, 0.05) is 12.0 Å². The van der Waals surface area contributed by atoms with Crippen molar-refractivity contribution in [1.29, 1.82) is 0 Å². The zero-order valence-corrected chi connectivity index (χ0v) is 10.7. The van der Waals surface area contributed by atoms with E-state index in [0.29, 0.717) is 19.9 Å². The monoisotopic (exact) mass is 311 g/mol. The van der Waals surface area contributed by atoms with Gasteiger partial charge >= 0.3 is 5.97 Å². The largest absolute Gasteiger partial charge is 0.465 e. The quantitative estimate of drug-likeness (QED) is 0.810. The van der Waals surface area contributed by atoms with Crippen LogP contribution in [0.2, 0.25) is 0 Å². The van der Waals surface area contributed by atoms with E-state index in [1.807, 2.05) is 0 Å². The van der Waals surface area contributed by atoms with Crippen molar-refractivity contribution in [2.75, 3.05) is 19.0 Å². The minimum atomic E-state index is -2.77. The van der Waals surface area contributed by atoms with Crippen molar-refractivity contribution in [3.05, 3.63) is 14.2 Å². The highest BCUT2D eigenvalue weighted by Gasteiger charge is 2.38. The summed E-state index contributed by atoms with van der Waals surface area (Å²) in [6.45, 7) is -0.451. The van der Waals surface area contributed by atoms with Gasteiger partial charge in [0.25, 0.3) is 5.92 Å². The average molecular weight is 312 g/mol. The maximum Gasteiger partial charge on any atom is 0.350 e. The second kappa shape index (κ2) is 3.96. The van der Waals surface area contributed by atoms with Crippen LogP contribution in [0.5, 0.6) is 0 Å². The molecule has 1 aliphatic rings. The summed E-state index contributed by atoms with van der Waals surface area (Å²) < 4.78 is 31.5. The molecule has 88 valence electrons. The molecular weight excluding hydrogens is 304 g/mol. The summed E-state index contributed by atoms with van der Waals surface area (Å²) in [7, 11) is 1.26. The minimum Gasteiger partial charge on any atom is -0.465 e. The molecule has 0 unspecified atom stereocenters. The Morgan fingerprint density at radius 1 is 1.62 bits per heavy atom. The van der Waals surface area contributed by atoms with Crippen molar-refractivity contribution in [2.24, 2.45) is 0 Å². The number of ether oxygens (including phenoxy) is 1. The standard InChI is InChI=1S/C9H8BrF2NO2S/c1-15-8(14)6-5-4(7(10)16-6)2-9(11,12)3-13-5/h13H,2-3H2,1H3. The zero-order valence-electron chi connectivity index (χ0n) is 8.27. The molecule has 0 fully saturated rings. The fraction of sp³-hybridized carbons (Fsp3) is 0.444. The molecule has 2 heterocycles. The van der Waals surface area contributed by atoms with Crippen LogP contribution in [0.4, 0.5) is 14.5 Å². The third-order valence-electron chi connectivity index (χ3n) is 2.29. The number of hydrogen-bond donors (Lipinski definition) is 1. The van der Waals surface area contributed by atoms with E-state index < -0.39 is 18.4 Å². The van der Waals surface area contributed by atoms with Gasteiger partial charge in [0.2, 0.25) is 0 Å². The Bertz CT molecular complexity index is 447. The van der Waals surface area contributed by atoms with E-state index in [1.54, 1.807) is 0 Å². The van der Waals surface area contributed by atoms with Crippen LogP contribution < -0.4 is 5.32 Å². The minimum absolute atomic E-state index is 0.333. The molecule has 1 aromatic heterocycles. The summed E-state index contributed by atoms with van der Waals surface area (Å²) >= 11 is 4.30. The van der Waals surface area contributed by atoms with Crippen LogP contribution in [-0.4, -0.2) is 25.5 Å². The Balaban J connectivity index is 2.44. The Morgan fingerprint density at radius 3 is 2.94 bits per heavy atom. The summed E-state index contributed by atoms with van der Waals surface area (Å²) in [6, 6.07) is 0. The van der Waals surface area contributed by atoms with Crippen LogP contribution in [0.15, 0.2) is 3.79 Å². The van der Waals surface area contributed by atoms with E-state index >= 15 is 0 Å². The molecule has 16 heavy (non-hydrogen) atoms. The number of carbonyl (C=O) groups excluding carboxylic acids is 1. The number of nitrogens with one attached hydrogen (secondary N) is 1. The first kappa shape index (κ1) is 11.8. The molecule has 1 aliphatic heterocycles. The zero-order chi connectivity index (χ0) is 11.9. The predicted molar refractivity (Wildman–Crippen MR) is 60.5 cm³/mol. The van der Waals surface area contributed by atoms with Gasteiger partial charge in [-0.1, -0.05) is 0 Å². The molecule has 0 bridgehead atoms. The van der Waals surface area contributed by atoms with E-state index in [1.165, 1.54) is 7.11 Å². The molecule has 0 aromatic carbocycles. The van der Waals surface area contributed by atoms with Crippen LogP contribution in [0.3, 0.4) is 0 Å². The Labute approximate surface area is 103 Å². The molecule has 2 rings (SSSR count). The smallest absolute Gasteiger partial charge is 0.350 e. The number of halogens is 3. The number of rotatable bonds is 1. The van der Waals surface area contributed by atoms with Crippen molar-refractivity contribution in [3.8, 4) is 0 Å². The predicted octanol–water partition coefficient (Wildman–Crippen LogP) is 2.90. The van der Waals surface area contributed by atoms with Crippen molar-refractivity contribution in [2.45, 2.75) is 12.3 Å². The Morgan fingerprint density at radius 2 is 2.31 bits per heavy atom. The number of alkyl halides is 2. The van der Waals surface area contributed by atoms with E-state index in [9.17, 15) is 13.6 Å². The van der Waals surface area contributed by atoms with E-state index in [2.05, 4.69) is 26.0 Å². The van der Waals surface area contributed by atoms with Gasteiger partial charge in [-0.05, 0) is 15.9 Å². The molecule has 3 nitrogen and oxygen atoms in total. The summed E-state index contributed by atoms with van der Waals surface area (Å²) in [6.07, 6.45) is -0.358. The molecule has 0 saturated carbocycles. The highest BCUT2D eigenvalue weighted by atomic mass is 79.9. The van der Waals surface area contributed by atoms with Crippen molar-refractivity contribution in [1.82, 2.24) is 0 Å². The summed E-state index contributed by atoms with van der Waals surface area (Å²) in [5.41, 5.74) is 0.913. The second-order valence-electron chi connectivity index (χ2n) is 3.44. The van der Waals surface area contributed by atoms with Crippen molar-refractivity contribution >= 4 is 38.9 Å². The molecule has 0 spiro atoms. The van der Waals surface area contributed by atoms with Crippen molar-refractivity contribution in [3.63, 3.8) is 0 Å². The molecule has 7 heteroatoms. The lowest BCUT2D eigenvalue weighted by Gasteiger charge is -2.24. The first-order valence-corrected chi connectivity index (χ1v) is 6.07. The molecule has 0 radical (unpaired) electrons. The summed E-state index contributed by atoms with van der Waals surface area (Å²) in [4.78, 5) is 11.7. The number of methoxy groups -OCH3 is 1. The van der Waals surface area contributed by atoms with Crippen LogP contribution in [-0.2, 0) is 11.2 Å². The molecule has 1 aromatic rings. The first-order chi connectivity index (χ1) is 7.44. The lowest BCUT2D eigenvalue weighted by Crippen LogP contribution is -2.34. The van der Waals surface area contributed by atoms with Gasteiger partial charge in [0.1, 0.15) is 4.88 Å². The third kappa shape index (κ3) is 1.93. The lowest BCUT2D eigenvalue weighted by atomic mass is 10.0. The van der Waals surface area contributed by atoms with Gasteiger partial charge in [-0.2, -0.15) is 0 Å². The number of hydrogen-bond acceptors (Lipinski definition) is 4. The molecule has 0 atom stereocenters. The molecular formula is C9H8BrF2NO2S. The van der Waals surface area contributed by atoms with Gasteiger partial charge in [-0.15, -0.1) is 11.3 Å². The highest BCUT2D eigenvalue weighted by molar-refractivity contribution is 9.11. The van der Waals surface area contributed by atoms with Gasteiger partial charge < -0.3 is 10.1 Å². The number of fused-ring (bicyclic) bond motifs is 1. The lowest BCUT2D eigenvalue weighted by molar-refractivity contribution is 0.0128. The first-order valence-electron chi connectivity index (χ1n) is 4.46. The number of esters is 1. The second-order valence-corrected chi connectivity index (χ2v) is 5.77. The Kier molecular flexibility index (Phi) is 2.91. The van der Waals surface area contributed by atoms with Crippen LogP contribution in [0.1, 0.15) is 15.2 Å². The van der Waals surface area contributed by atoms with Gasteiger partial charge in [-0.25, -0.2) is 13.6 Å². The number of thiophene rings is 1. The topological polar surface area (TPSA) is 38.3 Å².